The molecule has 1 aliphatic carbocycles. The van der Waals surface area contributed by atoms with Gasteiger partial charge < -0.3 is 5.32 Å². The average Bonchev–Trinajstić information content (AvgIpc) is 2.48. The molecule has 0 aromatic heterocycles. The number of carbonyl (C=O) groups is 1. The first kappa shape index (κ1) is 19.2. The lowest BCUT2D eigenvalue weighted by Crippen LogP contribution is -2.25. The van der Waals surface area contributed by atoms with E-state index in [-0.39, 0.29) is 5.91 Å². The third-order valence-electron chi connectivity index (χ3n) is 4.71. The number of amides is 1. The predicted octanol–water partition coefficient (Wildman–Crippen LogP) is 5.63. The number of rotatable bonds is 6. The zero-order valence-electron chi connectivity index (χ0n) is 13.7. The van der Waals surface area contributed by atoms with Crippen molar-refractivity contribution < 1.29 is 4.79 Å². The monoisotopic (exact) mass is 407 g/mol. The van der Waals surface area contributed by atoms with Gasteiger partial charge in [-0.3, -0.25) is 4.79 Å². The van der Waals surface area contributed by atoms with Crippen LogP contribution in [-0.4, -0.2) is 16.9 Å². The Kier molecular flexibility index (Phi) is 12.7. The lowest BCUT2D eigenvalue weighted by atomic mass is 9.89. The molecule has 21 heavy (non-hydrogen) atoms. The van der Waals surface area contributed by atoms with Crippen molar-refractivity contribution in [2.75, 3.05) is 11.0 Å². The van der Waals surface area contributed by atoms with Crippen LogP contribution in [0.15, 0.2) is 0 Å². The van der Waals surface area contributed by atoms with E-state index in [4.69, 9.17) is 0 Å². The highest BCUT2D eigenvalue weighted by Crippen LogP contribution is 2.24. The molecule has 0 bridgehead atoms. The van der Waals surface area contributed by atoms with E-state index >= 15 is 0 Å². The predicted molar refractivity (Wildman–Crippen MR) is 100 cm³/mol. The molecular weight excluding hydrogens is 373 g/mol. The summed E-state index contributed by atoms with van der Waals surface area (Å²) in [7, 11) is 0. The third-order valence-corrected chi connectivity index (χ3v) is 5.40. The minimum Gasteiger partial charge on any atom is -0.355 e. The zero-order valence-corrected chi connectivity index (χ0v) is 15.8. The van der Waals surface area contributed by atoms with Crippen LogP contribution in [0.1, 0.15) is 89.9 Å². The number of hydrogen-bond donors (Lipinski definition) is 1. The van der Waals surface area contributed by atoms with Crippen LogP contribution < -0.4 is 5.32 Å². The van der Waals surface area contributed by atoms with Gasteiger partial charge in [0.2, 0.25) is 5.91 Å². The van der Waals surface area contributed by atoms with Gasteiger partial charge in [0.1, 0.15) is 0 Å². The van der Waals surface area contributed by atoms with Crippen molar-refractivity contribution in [1.82, 2.24) is 5.32 Å². The summed E-state index contributed by atoms with van der Waals surface area (Å²) in [6, 6.07) is 0. The standard InChI is InChI=1S/C18H34INO/c19-16-18(21)20-15-11-10-14-17-12-8-6-4-2-1-3-5-7-9-13-17/h17H,1-16H2,(H,20,21). The normalized spacial score (nSPS) is 19.5. The molecule has 1 amide bonds. The van der Waals surface area contributed by atoms with Crippen LogP contribution in [0, 0.1) is 5.92 Å². The van der Waals surface area contributed by atoms with Crippen LogP contribution in [0.2, 0.25) is 0 Å². The number of alkyl halides is 1. The second kappa shape index (κ2) is 13.8. The summed E-state index contributed by atoms with van der Waals surface area (Å²) in [5, 5.41) is 2.98. The van der Waals surface area contributed by atoms with Crippen LogP contribution in [0.3, 0.4) is 0 Å². The Labute approximate surface area is 145 Å². The Morgan fingerprint density at radius 3 is 1.90 bits per heavy atom. The number of halogens is 1. The number of hydrogen-bond acceptors (Lipinski definition) is 1. The van der Waals surface area contributed by atoms with Crippen molar-refractivity contribution in [2.45, 2.75) is 89.9 Å². The first-order valence-corrected chi connectivity index (χ1v) is 10.7. The maximum atomic E-state index is 11.2. The molecule has 0 aromatic carbocycles. The summed E-state index contributed by atoms with van der Waals surface area (Å²) in [5.41, 5.74) is 0. The quantitative estimate of drug-likeness (QED) is 0.345. The lowest BCUT2D eigenvalue weighted by molar-refractivity contribution is -0.118. The van der Waals surface area contributed by atoms with Crippen molar-refractivity contribution in [3.63, 3.8) is 0 Å². The van der Waals surface area contributed by atoms with Crippen LogP contribution in [0.4, 0.5) is 0 Å². The summed E-state index contributed by atoms with van der Waals surface area (Å²) >= 11 is 2.12. The Balaban J connectivity index is 2.11. The molecule has 1 rings (SSSR count). The molecule has 0 atom stereocenters. The van der Waals surface area contributed by atoms with Gasteiger partial charge in [-0.05, 0) is 12.3 Å². The van der Waals surface area contributed by atoms with E-state index in [2.05, 4.69) is 27.9 Å². The second-order valence-corrected chi connectivity index (χ2v) is 7.37. The maximum absolute atomic E-state index is 11.2. The van der Waals surface area contributed by atoms with Gasteiger partial charge in [-0.2, -0.15) is 0 Å². The van der Waals surface area contributed by atoms with Gasteiger partial charge in [0.15, 0.2) is 0 Å². The van der Waals surface area contributed by atoms with Crippen LogP contribution in [0.25, 0.3) is 0 Å². The molecule has 3 heteroatoms. The molecule has 0 aliphatic heterocycles. The highest BCUT2D eigenvalue weighted by atomic mass is 127. The molecule has 0 aromatic rings. The summed E-state index contributed by atoms with van der Waals surface area (Å²) < 4.78 is 0.584. The lowest BCUT2D eigenvalue weighted by Gasteiger charge is -2.18. The minimum atomic E-state index is 0.182. The number of nitrogens with one attached hydrogen (secondary N) is 1. The molecule has 0 heterocycles. The second-order valence-electron chi connectivity index (χ2n) is 6.60. The minimum absolute atomic E-state index is 0.182. The van der Waals surface area contributed by atoms with Crippen LogP contribution in [0.5, 0.6) is 0 Å². The third kappa shape index (κ3) is 11.4. The van der Waals surface area contributed by atoms with Crippen molar-refractivity contribution in [2.24, 2.45) is 5.92 Å². The Bertz CT molecular complexity index is 246. The molecule has 1 aliphatic rings. The SMILES string of the molecule is O=C(CI)NCCCCC1CCCCCCCCCCC1. The zero-order chi connectivity index (χ0) is 15.2. The summed E-state index contributed by atoms with van der Waals surface area (Å²) in [4.78, 5) is 11.2. The van der Waals surface area contributed by atoms with E-state index in [1.807, 2.05) is 0 Å². The van der Waals surface area contributed by atoms with E-state index in [1.165, 1.54) is 83.5 Å². The molecule has 0 unspecified atom stereocenters. The fourth-order valence-electron chi connectivity index (χ4n) is 3.37. The van der Waals surface area contributed by atoms with E-state index in [9.17, 15) is 4.79 Å². The number of unbranched alkanes of at least 4 members (excludes halogenated alkanes) is 1. The van der Waals surface area contributed by atoms with Gasteiger partial charge in [-0.1, -0.05) is 106 Å². The van der Waals surface area contributed by atoms with Crippen LogP contribution >= 0.6 is 22.6 Å². The molecule has 0 spiro atoms. The largest absolute Gasteiger partial charge is 0.355 e. The van der Waals surface area contributed by atoms with Gasteiger partial charge in [0, 0.05) is 6.54 Å². The smallest absolute Gasteiger partial charge is 0.229 e. The molecule has 0 saturated heterocycles. The first-order valence-electron chi connectivity index (χ1n) is 9.15. The fraction of sp³-hybridized carbons (Fsp3) is 0.944. The van der Waals surface area contributed by atoms with Crippen molar-refractivity contribution in [3.05, 3.63) is 0 Å². The first-order chi connectivity index (χ1) is 10.3. The molecule has 0 radical (unpaired) electrons. The average molecular weight is 407 g/mol. The van der Waals surface area contributed by atoms with Crippen molar-refractivity contribution >= 4 is 28.5 Å². The van der Waals surface area contributed by atoms with Crippen LogP contribution in [-0.2, 0) is 4.79 Å². The van der Waals surface area contributed by atoms with Gasteiger partial charge in [-0.15, -0.1) is 0 Å². The maximum Gasteiger partial charge on any atom is 0.229 e. The molecule has 1 fully saturated rings. The highest BCUT2D eigenvalue weighted by molar-refractivity contribution is 14.1. The molecular formula is C18H34INO. The molecule has 1 saturated carbocycles. The van der Waals surface area contributed by atoms with Gasteiger partial charge in [0.05, 0.1) is 4.43 Å². The van der Waals surface area contributed by atoms with E-state index < -0.39 is 0 Å². The Morgan fingerprint density at radius 1 is 0.857 bits per heavy atom. The molecule has 124 valence electrons. The highest BCUT2D eigenvalue weighted by Gasteiger charge is 2.09. The van der Waals surface area contributed by atoms with Crippen molar-refractivity contribution in [3.8, 4) is 0 Å². The van der Waals surface area contributed by atoms with Crippen molar-refractivity contribution in [1.29, 1.82) is 0 Å². The Morgan fingerprint density at radius 2 is 1.38 bits per heavy atom. The van der Waals surface area contributed by atoms with E-state index in [0.717, 1.165) is 18.9 Å². The Hall–Kier alpha value is 0.200. The summed E-state index contributed by atoms with van der Waals surface area (Å²) in [6.07, 6.45) is 19.8. The fourth-order valence-corrected chi connectivity index (χ4v) is 3.64. The van der Waals surface area contributed by atoms with E-state index in [1.54, 1.807) is 0 Å². The number of carbonyl (C=O) groups excluding carboxylic acids is 1. The van der Waals surface area contributed by atoms with Gasteiger partial charge in [0.25, 0.3) is 0 Å². The van der Waals surface area contributed by atoms with Gasteiger partial charge >= 0.3 is 0 Å². The molecule has 1 N–H and O–H groups in total. The topological polar surface area (TPSA) is 29.1 Å². The summed E-state index contributed by atoms with van der Waals surface area (Å²) in [6.45, 7) is 0.870. The van der Waals surface area contributed by atoms with E-state index in [0.29, 0.717) is 4.43 Å². The summed E-state index contributed by atoms with van der Waals surface area (Å²) in [5.74, 6) is 1.13. The molecule has 2 nitrogen and oxygen atoms in total. The van der Waals surface area contributed by atoms with Gasteiger partial charge in [-0.25, -0.2) is 0 Å².